The standard InChI is InChI=1S/C13H25NO/c1-9(2)12(15)11-7-8-13(5,6)14(11)10(3)4/h9-11H,7-8H2,1-6H3. The van der Waals surface area contributed by atoms with Gasteiger partial charge in [-0.05, 0) is 40.5 Å². The number of hydrogen-bond acceptors (Lipinski definition) is 2. The molecule has 1 rings (SSSR count). The highest BCUT2D eigenvalue weighted by Crippen LogP contribution is 2.36. The van der Waals surface area contributed by atoms with Crippen LogP contribution in [0.2, 0.25) is 0 Å². The Morgan fingerprint density at radius 3 is 2.20 bits per heavy atom. The molecule has 0 aromatic rings. The maximum Gasteiger partial charge on any atom is 0.152 e. The second kappa shape index (κ2) is 4.25. The molecule has 1 aliphatic rings. The molecule has 1 aliphatic heterocycles. The molecule has 0 N–H and O–H groups in total. The fourth-order valence-corrected chi connectivity index (χ4v) is 2.90. The van der Waals surface area contributed by atoms with Gasteiger partial charge in [-0.2, -0.15) is 0 Å². The van der Waals surface area contributed by atoms with E-state index in [1.54, 1.807) is 0 Å². The molecule has 0 aromatic heterocycles. The highest BCUT2D eigenvalue weighted by atomic mass is 16.1. The summed E-state index contributed by atoms with van der Waals surface area (Å²) in [6.45, 7) is 12.9. The Bertz CT molecular complexity index is 243. The molecule has 1 fully saturated rings. The Kier molecular flexibility index (Phi) is 3.59. The van der Waals surface area contributed by atoms with Crippen molar-refractivity contribution in [2.24, 2.45) is 5.92 Å². The molecule has 15 heavy (non-hydrogen) atoms. The van der Waals surface area contributed by atoms with Crippen LogP contribution in [0, 0.1) is 5.92 Å². The normalized spacial score (nSPS) is 26.5. The van der Waals surface area contributed by atoms with Crippen molar-refractivity contribution in [3.63, 3.8) is 0 Å². The van der Waals surface area contributed by atoms with Gasteiger partial charge >= 0.3 is 0 Å². The molecule has 0 radical (unpaired) electrons. The van der Waals surface area contributed by atoms with Crippen LogP contribution in [0.15, 0.2) is 0 Å². The van der Waals surface area contributed by atoms with Crippen molar-refractivity contribution in [1.82, 2.24) is 4.90 Å². The summed E-state index contributed by atoms with van der Waals surface area (Å²) in [5.74, 6) is 0.569. The average molecular weight is 211 g/mol. The Hall–Kier alpha value is -0.370. The minimum atomic E-state index is 0.153. The van der Waals surface area contributed by atoms with Crippen molar-refractivity contribution in [2.75, 3.05) is 0 Å². The zero-order valence-corrected chi connectivity index (χ0v) is 11.0. The van der Waals surface area contributed by atoms with E-state index in [0.29, 0.717) is 11.8 Å². The summed E-state index contributed by atoms with van der Waals surface area (Å²) in [4.78, 5) is 14.5. The first kappa shape index (κ1) is 12.7. The lowest BCUT2D eigenvalue weighted by Gasteiger charge is -2.39. The van der Waals surface area contributed by atoms with Crippen molar-refractivity contribution < 1.29 is 4.79 Å². The van der Waals surface area contributed by atoms with Crippen LogP contribution in [-0.2, 0) is 4.79 Å². The summed E-state index contributed by atoms with van der Waals surface area (Å²) in [6, 6.07) is 0.607. The van der Waals surface area contributed by atoms with Crippen LogP contribution in [-0.4, -0.2) is 28.3 Å². The fraction of sp³-hybridized carbons (Fsp3) is 0.923. The van der Waals surface area contributed by atoms with Crippen molar-refractivity contribution in [1.29, 1.82) is 0 Å². The van der Waals surface area contributed by atoms with Crippen LogP contribution in [0.4, 0.5) is 0 Å². The Balaban J connectivity index is 2.88. The van der Waals surface area contributed by atoms with Gasteiger partial charge in [0.05, 0.1) is 6.04 Å². The third kappa shape index (κ3) is 2.41. The summed E-state index contributed by atoms with van der Waals surface area (Å²) in [6.07, 6.45) is 2.16. The van der Waals surface area contributed by atoms with Crippen molar-refractivity contribution in [2.45, 2.75) is 72.0 Å². The van der Waals surface area contributed by atoms with E-state index >= 15 is 0 Å². The van der Waals surface area contributed by atoms with E-state index in [-0.39, 0.29) is 17.5 Å². The minimum Gasteiger partial charge on any atom is -0.298 e. The minimum absolute atomic E-state index is 0.153. The molecule has 1 saturated heterocycles. The monoisotopic (exact) mass is 211 g/mol. The summed E-state index contributed by atoms with van der Waals surface area (Å²) in [5.41, 5.74) is 0.184. The van der Waals surface area contributed by atoms with Gasteiger partial charge in [-0.1, -0.05) is 13.8 Å². The lowest BCUT2D eigenvalue weighted by Crippen LogP contribution is -2.50. The molecule has 0 saturated carbocycles. The smallest absolute Gasteiger partial charge is 0.152 e. The van der Waals surface area contributed by atoms with Gasteiger partial charge in [0.1, 0.15) is 0 Å². The van der Waals surface area contributed by atoms with Crippen LogP contribution < -0.4 is 0 Å². The van der Waals surface area contributed by atoms with Crippen molar-refractivity contribution in [3.8, 4) is 0 Å². The maximum absolute atomic E-state index is 12.1. The summed E-state index contributed by atoms with van der Waals surface area (Å²) in [7, 11) is 0. The van der Waals surface area contributed by atoms with E-state index in [1.807, 2.05) is 13.8 Å². The van der Waals surface area contributed by atoms with Crippen LogP contribution in [0.25, 0.3) is 0 Å². The van der Waals surface area contributed by atoms with E-state index < -0.39 is 0 Å². The lowest BCUT2D eigenvalue weighted by molar-refractivity contribution is -0.128. The fourth-order valence-electron chi connectivity index (χ4n) is 2.90. The number of ketones is 1. The number of likely N-dealkylation sites (tertiary alicyclic amines) is 1. The van der Waals surface area contributed by atoms with Crippen LogP contribution in [0.5, 0.6) is 0 Å². The first-order valence-electron chi connectivity index (χ1n) is 6.09. The first-order valence-corrected chi connectivity index (χ1v) is 6.09. The van der Waals surface area contributed by atoms with Gasteiger partial charge in [-0.3, -0.25) is 9.69 Å². The van der Waals surface area contributed by atoms with Gasteiger partial charge in [0.2, 0.25) is 0 Å². The molecule has 2 nitrogen and oxygen atoms in total. The van der Waals surface area contributed by atoms with Gasteiger partial charge < -0.3 is 0 Å². The third-order valence-corrected chi connectivity index (χ3v) is 3.52. The lowest BCUT2D eigenvalue weighted by atomic mass is 9.99. The van der Waals surface area contributed by atoms with Gasteiger partial charge in [-0.15, -0.1) is 0 Å². The number of Topliss-reactive ketones (excluding diaryl/α,β-unsaturated/α-hetero) is 1. The summed E-state index contributed by atoms with van der Waals surface area (Å²) < 4.78 is 0. The summed E-state index contributed by atoms with van der Waals surface area (Å²) >= 11 is 0. The Morgan fingerprint density at radius 1 is 1.27 bits per heavy atom. The average Bonchev–Trinajstić information content (AvgIpc) is 2.39. The van der Waals surface area contributed by atoms with Crippen LogP contribution in [0.1, 0.15) is 54.4 Å². The van der Waals surface area contributed by atoms with Gasteiger partial charge in [0, 0.05) is 17.5 Å². The van der Waals surface area contributed by atoms with Crippen molar-refractivity contribution >= 4 is 5.78 Å². The highest BCUT2D eigenvalue weighted by molar-refractivity contribution is 5.86. The predicted octanol–water partition coefficient (Wildman–Crippen LogP) is 2.86. The number of carbonyl (C=O) groups is 1. The molecular weight excluding hydrogens is 186 g/mol. The molecule has 2 heteroatoms. The quantitative estimate of drug-likeness (QED) is 0.715. The van der Waals surface area contributed by atoms with Gasteiger partial charge in [0.25, 0.3) is 0 Å². The maximum atomic E-state index is 12.1. The van der Waals surface area contributed by atoms with E-state index in [0.717, 1.165) is 12.8 Å². The molecule has 88 valence electrons. The SMILES string of the molecule is CC(C)C(=O)C1CCC(C)(C)N1C(C)C. The van der Waals surface area contributed by atoms with E-state index in [2.05, 4.69) is 32.6 Å². The Morgan fingerprint density at radius 2 is 1.80 bits per heavy atom. The van der Waals surface area contributed by atoms with Gasteiger partial charge in [0.15, 0.2) is 5.78 Å². The van der Waals surface area contributed by atoms with E-state index in [1.165, 1.54) is 0 Å². The molecule has 0 amide bonds. The summed E-state index contributed by atoms with van der Waals surface area (Å²) in [5, 5.41) is 0. The molecule has 1 unspecified atom stereocenters. The molecular formula is C13H25NO. The largest absolute Gasteiger partial charge is 0.298 e. The number of nitrogens with zero attached hydrogens (tertiary/aromatic N) is 1. The highest BCUT2D eigenvalue weighted by Gasteiger charge is 2.44. The third-order valence-electron chi connectivity index (χ3n) is 3.52. The molecule has 0 bridgehead atoms. The Labute approximate surface area is 94.0 Å². The zero-order valence-electron chi connectivity index (χ0n) is 11.0. The van der Waals surface area contributed by atoms with Crippen LogP contribution in [0.3, 0.4) is 0 Å². The number of carbonyl (C=O) groups excluding carboxylic acids is 1. The molecule has 1 heterocycles. The van der Waals surface area contributed by atoms with Gasteiger partial charge in [-0.25, -0.2) is 0 Å². The number of hydrogen-bond donors (Lipinski definition) is 0. The first-order chi connectivity index (χ1) is 6.77. The topological polar surface area (TPSA) is 20.3 Å². The predicted molar refractivity (Wildman–Crippen MR) is 63.9 cm³/mol. The second-order valence-corrected chi connectivity index (χ2v) is 5.92. The molecule has 0 aliphatic carbocycles. The number of rotatable bonds is 3. The van der Waals surface area contributed by atoms with Crippen molar-refractivity contribution in [3.05, 3.63) is 0 Å². The molecule has 1 atom stereocenters. The van der Waals surface area contributed by atoms with E-state index in [9.17, 15) is 4.79 Å². The van der Waals surface area contributed by atoms with E-state index in [4.69, 9.17) is 0 Å². The molecule has 0 spiro atoms. The zero-order chi connectivity index (χ0) is 11.8. The van der Waals surface area contributed by atoms with Crippen LogP contribution >= 0.6 is 0 Å². The second-order valence-electron chi connectivity index (χ2n) is 5.92. The molecule has 0 aromatic carbocycles.